The second-order valence-electron chi connectivity index (χ2n) is 3.34. The molecule has 0 aliphatic heterocycles. The smallest absolute Gasteiger partial charge is 0.377 e. The summed E-state index contributed by atoms with van der Waals surface area (Å²) in [5.74, 6) is -3.32. The van der Waals surface area contributed by atoms with Gasteiger partial charge < -0.3 is 19.0 Å². The lowest BCUT2D eigenvalue weighted by Crippen LogP contribution is -2.69. The number of rotatable bonds is 7. The van der Waals surface area contributed by atoms with Gasteiger partial charge in [0.1, 0.15) is 0 Å². The van der Waals surface area contributed by atoms with Gasteiger partial charge in [0.2, 0.25) is 0 Å². The molecular weight excluding hydrogens is 259 g/mol. The molecule has 0 aliphatic carbocycles. The van der Waals surface area contributed by atoms with E-state index in [0.29, 0.717) is 6.42 Å². The van der Waals surface area contributed by atoms with Crippen LogP contribution in [-0.4, -0.2) is 34.7 Å². The van der Waals surface area contributed by atoms with Crippen LogP contribution in [0.2, 0.25) is 6.04 Å². The summed E-state index contributed by atoms with van der Waals surface area (Å²) in [4.78, 5) is 0. The minimum atomic E-state index is -4.94. The Bertz CT molecular complexity index is 234. The third kappa shape index (κ3) is 4.50. The van der Waals surface area contributed by atoms with E-state index in [0.717, 1.165) is 0 Å². The van der Waals surface area contributed by atoms with Crippen LogP contribution in [0.3, 0.4) is 0 Å². The molecule has 0 aromatic rings. The molecule has 0 aromatic carbocycles. The normalized spacial score (nSPS) is 16.9. The lowest BCUT2D eigenvalue weighted by atomic mass is 10.4. The van der Waals surface area contributed by atoms with Crippen molar-refractivity contribution < 1.29 is 26.4 Å². The fraction of sp³-hybridized carbons (Fsp3) is 1.00. The zero-order chi connectivity index (χ0) is 13.7. The van der Waals surface area contributed by atoms with Crippen molar-refractivity contribution in [1.82, 2.24) is 0 Å². The standard InChI is InChI=1S/C7H18F3N3O3Si/c1-3-4-17(14-2,15-5-11)16-7(12,13)6(8,9)10/h3-5,11-13H2,1-2H3. The summed E-state index contributed by atoms with van der Waals surface area (Å²) in [7, 11) is -2.44. The van der Waals surface area contributed by atoms with Crippen molar-refractivity contribution in [1.29, 1.82) is 0 Å². The van der Waals surface area contributed by atoms with E-state index in [4.69, 9.17) is 26.1 Å². The van der Waals surface area contributed by atoms with Crippen LogP contribution in [0.4, 0.5) is 13.2 Å². The molecule has 6 N–H and O–H groups in total. The predicted octanol–water partition coefficient (Wildman–Crippen LogP) is 0.0646. The number of hydrogen-bond donors (Lipinski definition) is 3. The summed E-state index contributed by atoms with van der Waals surface area (Å²) in [5, 5.41) is 0. The summed E-state index contributed by atoms with van der Waals surface area (Å²) in [6.07, 6.45) is -4.45. The van der Waals surface area contributed by atoms with Crippen LogP contribution in [0, 0.1) is 0 Å². The van der Waals surface area contributed by atoms with Crippen molar-refractivity contribution in [2.45, 2.75) is 31.4 Å². The maximum absolute atomic E-state index is 12.5. The first kappa shape index (κ1) is 16.8. The van der Waals surface area contributed by atoms with Gasteiger partial charge in [0.05, 0.1) is 6.73 Å². The van der Waals surface area contributed by atoms with Gasteiger partial charge in [0.15, 0.2) is 0 Å². The fourth-order valence-electron chi connectivity index (χ4n) is 1.10. The average Bonchev–Trinajstić information content (AvgIpc) is 2.16. The van der Waals surface area contributed by atoms with Gasteiger partial charge in [-0.15, -0.1) is 0 Å². The molecule has 104 valence electrons. The van der Waals surface area contributed by atoms with E-state index >= 15 is 0 Å². The molecule has 1 unspecified atom stereocenters. The van der Waals surface area contributed by atoms with Gasteiger partial charge in [0.25, 0.3) is 5.85 Å². The Kier molecular flexibility index (Phi) is 6.00. The largest absolute Gasteiger partial charge is 0.504 e. The van der Waals surface area contributed by atoms with E-state index in [9.17, 15) is 13.2 Å². The third-order valence-electron chi connectivity index (χ3n) is 1.94. The van der Waals surface area contributed by atoms with Gasteiger partial charge in [-0.05, 0) is 0 Å². The SMILES string of the molecule is CCC[Si](OC)(OCN)OC(N)(N)C(F)(F)F. The monoisotopic (exact) mass is 277 g/mol. The van der Waals surface area contributed by atoms with Gasteiger partial charge in [0, 0.05) is 13.2 Å². The minimum Gasteiger partial charge on any atom is -0.377 e. The molecule has 17 heavy (non-hydrogen) atoms. The van der Waals surface area contributed by atoms with E-state index < -0.39 is 20.8 Å². The van der Waals surface area contributed by atoms with Crippen LogP contribution < -0.4 is 17.2 Å². The molecule has 0 bridgehead atoms. The second kappa shape index (κ2) is 6.09. The van der Waals surface area contributed by atoms with E-state index in [1.807, 2.05) is 0 Å². The summed E-state index contributed by atoms with van der Waals surface area (Å²) >= 11 is 0. The lowest BCUT2D eigenvalue weighted by Gasteiger charge is -2.36. The average molecular weight is 277 g/mol. The van der Waals surface area contributed by atoms with Gasteiger partial charge >= 0.3 is 15.0 Å². The highest BCUT2D eigenvalue weighted by Gasteiger charge is 2.57. The second-order valence-corrected chi connectivity index (χ2v) is 6.11. The summed E-state index contributed by atoms with van der Waals surface area (Å²) in [5.41, 5.74) is 14.9. The third-order valence-corrected chi connectivity index (χ3v) is 4.93. The summed E-state index contributed by atoms with van der Waals surface area (Å²) < 4.78 is 52.0. The van der Waals surface area contributed by atoms with Crippen molar-refractivity contribution in [2.24, 2.45) is 17.2 Å². The topological polar surface area (TPSA) is 106 Å². The van der Waals surface area contributed by atoms with Crippen molar-refractivity contribution in [3.05, 3.63) is 0 Å². The van der Waals surface area contributed by atoms with E-state index in [1.165, 1.54) is 7.11 Å². The first-order chi connectivity index (χ1) is 7.64. The van der Waals surface area contributed by atoms with Crippen LogP contribution >= 0.6 is 0 Å². The number of hydrogen-bond acceptors (Lipinski definition) is 6. The Balaban J connectivity index is 4.96. The Hall–Kier alpha value is -0.233. The highest BCUT2D eigenvalue weighted by molar-refractivity contribution is 6.60. The first-order valence-electron chi connectivity index (χ1n) is 4.88. The molecule has 0 amide bonds. The van der Waals surface area contributed by atoms with Crippen molar-refractivity contribution >= 4 is 8.80 Å². The zero-order valence-electron chi connectivity index (χ0n) is 9.71. The maximum Gasteiger partial charge on any atom is 0.504 e. The first-order valence-corrected chi connectivity index (χ1v) is 6.81. The van der Waals surface area contributed by atoms with E-state index in [2.05, 4.69) is 4.43 Å². The van der Waals surface area contributed by atoms with Crippen LogP contribution in [0.1, 0.15) is 13.3 Å². The summed E-state index contributed by atoms with van der Waals surface area (Å²) in [6.45, 7) is 1.39. The molecule has 10 heteroatoms. The molecule has 0 spiro atoms. The lowest BCUT2D eigenvalue weighted by molar-refractivity contribution is -0.258. The number of alkyl halides is 3. The molecule has 6 nitrogen and oxygen atoms in total. The molecule has 0 aromatic heterocycles. The molecule has 0 radical (unpaired) electrons. The molecule has 1 atom stereocenters. The quantitative estimate of drug-likeness (QED) is 0.449. The molecule has 0 saturated carbocycles. The number of nitrogens with two attached hydrogens (primary N) is 3. The zero-order valence-corrected chi connectivity index (χ0v) is 10.7. The minimum absolute atomic E-state index is 0.132. The Morgan fingerprint density at radius 1 is 1.24 bits per heavy atom. The van der Waals surface area contributed by atoms with E-state index in [-0.39, 0.29) is 12.8 Å². The van der Waals surface area contributed by atoms with Gasteiger partial charge in [-0.25, -0.2) is 0 Å². The van der Waals surface area contributed by atoms with Crippen molar-refractivity contribution in [2.75, 3.05) is 13.8 Å². The van der Waals surface area contributed by atoms with Gasteiger partial charge in [-0.2, -0.15) is 13.2 Å². The molecule has 0 heterocycles. The van der Waals surface area contributed by atoms with Crippen LogP contribution in [-0.2, 0) is 13.3 Å². The van der Waals surface area contributed by atoms with Crippen molar-refractivity contribution in [3.63, 3.8) is 0 Å². The van der Waals surface area contributed by atoms with Crippen LogP contribution in [0.5, 0.6) is 0 Å². The molecule has 0 aliphatic rings. The Morgan fingerprint density at radius 3 is 2.06 bits per heavy atom. The Morgan fingerprint density at radius 2 is 1.76 bits per heavy atom. The van der Waals surface area contributed by atoms with Crippen LogP contribution in [0.25, 0.3) is 0 Å². The van der Waals surface area contributed by atoms with Gasteiger partial charge in [-0.1, -0.05) is 13.3 Å². The van der Waals surface area contributed by atoms with Crippen molar-refractivity contribution in [3.8, 4) is 0 Å². The molecular formula is C7H18F3N3O3Si. The predicted molar refractivity (Wildman–Crippen MR) is 56.2 cm³/mol. The highest BCUT2D eigenvalue weighted by Crippen LogP contribution is 2.30. The molecule has 0 saturated heterocycles. The summed E-state index contributed by atoms with van der Waals surface area (Å²) in [6, 6.07) is 0.132. The highest BCUT2D eigenvalue weighted by atomic mass is 28.4. The Labute approximate surface area is 98.5 Å². The van der Waals surface area contributed by atoms with E-state index in [1.54, 1.807) is 6.92 Å². The maximum atomic E-state index is 12.5. The fourth-order valence-corrected chi connectivity index (χ4v) is 3.31. The molecule has 0 rings (SSSR count). The molecule has 0 fully saturated rings. The number of halogens is 3. The van der Waals surface area contributed by atoms with Crippen LogP contribution in [0.15, 0.2) is 0 Å². The van der Waals surface area contributed by atoms with Gasteiger partial charge in [-0.3, -0.25) is 11.5 Å².